The number of unbranched alkanes of at least 4 members (excludes halogenated alkanes) is 3. The molecule has 1 fully saturated rings. The van der Waals surface area contributed by atoms with Crippen molar-refractivity contribution in [2.24, 2.45) is 11.8 Å². The largest absolute Gasteiger partial charge is 0.463 e. The molecule has 0 unspecified atom stereocenters. The van der Waals surface area contributed by atoms with Crippen molar-refractivity contribution in [2.45, 2.75) is 97.2 Å². The highest BCUT2D eigenvalue weighted by molar-refractivity contribution is 5.84. The molecule has 0 amide bonds. The van der Waals surface area contributed by atoms with Crippen LogP contribution in [-0.4, -0.2) is 34.9 Å². The minimum absolute atomic E-state index is 0.0545. The number of ether oxygens (including phenoxy) is 1. The fraction of sp³-hybridized carbons (Fsp3) is 0.773. The van der Waals surface area contributed by atoms with Crippen LogP contribution in [0.15, 0.2) is 12.2 Å². The van der Waals surface area contributed by atoms with Crippen molar-refractivity contribution in [3.05, 3.63) is 12.2 Å². The first-order chi connectivity index (χ1) is 12.8. The molecule has 1 aliphatic rings. The van der Waals surface area contributed by atoms with E-state index in [0.29, 0.717) is 32.1 Å². The zero-order valence-corrected chi connectivity index (χ0v) is 17.1. The van der Waals surface area contributed by atoms with Crippen molar-refractivity contribution >= 4 is 17.5 Å². The second kappa shape index (κ2) is 12.8. The van der Waals surface area contributed by atoms with E-state index in [1.807, 2.05) is 26.8 Å². The van der Waals surface area contributed by atoms with Gasteiger partial charge in [0.15, 0.2) is 0 Å². The van der Waals surface area contributed by atoms with Crippen molar-refractivity contribution in [3.8, 4) is 0 Å². The lowest BCUT2D eigenvalue weighted by Gasteiger charge is -2.19. The Morgan fingerprint density at radius 1 is 1.19 bits per heavy atom. The maximum atomic E-state index is 12.1. The molecule has 27 heavy (non-hydrogen) atoms. The van der Waals surface area contributed by atoms with Gasteiger partial charge in [0.05, 0.1) is 12.2 Å². The van der Waals surface area contributed by atoms with Gasteiger partial charge in [-0.15, -0.1) is 0 Å². The number of carbonyl (C=O) groups excluding carboxylic acids is 3. The van der Waals surface area contributed by atoms with E-state index in [4.69, 9.17) is 4.74 Å². The van der Waals surface area contributed by atoms with Crippen molar-refractivity contribution in [3.63, 3.8) is 0 Å². The Morgan fingerprint density at radius 2 is 1.93 bits per heavy atom. The SMILES string of the molecule is CCC(=O)CC[C@H]1[C@H](O)CC(=O)[C@@H]1C/C=C\CCCCCC(=O)OC(C)C. The van der Waals surface area contributed by atoms with Crippen molar-refractivity contribution in [1.29, 1.82) is 0 Å². The van der Waals surface area contributed by atoms with E-state index < -0.39 is 6.10 Å². The van der Waals surface area contributed by atoms with E-state index in [-0.39, 0.29) is 41.9 Å². The summed E-state index contributed by atoms with van der Waals surface area (Å²) in [6.07, 6.45) is 10.1. The number of esters is 1. The molecular weight excluding hydrogens is 344 g/mol. The van der Waals surface area contributed by atoms with Gasteiger partial charge in [0.25, 0.3) is 0 Å². The monoisotopic (exact) mass is 380 g/mol. The molecule has 5 heteroatoms. The van der Waals surface area contributed by atoms with Crippen molar-refractivity contribution in [2.75, 3.05) is 0 Å². The van der Waals surface area contributed by atoms with Gasteiger partial charge in [-0.25, -0.2) is 0 Å². The van der Waals surface area contributed by atoms with Gasteiger partial charge in [-0.2, -0.15) is 0 Å². The minimum Gasteiger partial charge on any atom is -0.463 e. The summed E-state index contributed by atoms with van der Waals surface area (Å²) in [5.74, 6) is -0.0827. The zero-order valence-electron chi connectivity index (χ0n) is 17.1. The maximum Gasteiger partial charge on any atom is 0.306 e. The van der Waals surface area contributed by atoms with Gasteiger partial charge in [0.2, 0.25) is 0 Å². The van der Waals surface area contributed by atoms with Gasteiger partial charge in [-0.05, 0) is 51.9 Å². The maximum absolute atomic E-state index is 12.1. The van der Waals surface area contributed by atoms with Gasteiger partial charge >= 0.3 is 5.97 Å². The predicted octanol–water partition coefficient (Wildman–Crippen LogP) is 4.16. The van der Waals surface area contributed by atoms with Crippen LogP contribution >= 0.6 is 0 Å². The van der Waals surface area contributed by atoms with Crippen LogP contribution in [0.25, 0.3) is 0 Å². The number of ketones is 2. The molecule has 5 nitrogen and oxygen atoms in total. The summed E-state index contributed by atoms with van der Waals surface area (Å²) in [5.41, 5.74) is 0. The van der Waals surface area contributed by atoms with Crippen LogP contribution in [0.5, 0.6) is 0 Å². The Hall–Kier alpha value is -1.49. The number of Topliss-reactive ketones (excluding diaryl/α,β-unsaturated/α-hetero) is 2. The Labute approximate surface area is 163 Å². The summed E-state index contributed by atoms with van der Waals surface area (Å²) in [6.45, 7) is 5.54. The number of hydrogen-bond acceptors (Lipinski definition) is 5. The third-order valence-corrected chi connectivity index (χ3v) is 5.16. The molecule has 0 aliphatic heterocycles. The van der Waals surface area contributed by atoms with E-state index >= 15 is 0 Å². The molecule has 154 valence electrons. The number of aliphatic hydroxyl groups is 1. The first-order valence-corrected chi connectivity index (χ1v) is 10.4. The highest BCUT2D eigenvalue weighted by atomic mass is 16.5. The van der Waals surface area contributed by atoms with E-state index in [1.54, 1.807) is 0 Å². The average Bonchev–Trinajstić information content (AvgIpc) is 2.87. The Kier molecular flexibility index (Phi) is 11.2. The summed E-state index contributed by atoms with van der Waals surface area (Å²) in [4.78, 5) is 35.1. The molecule has 0 heterocycles. The molecule has 1 N–H and O–H groups in total. The first kappa shape index (κ1) is 23.5. The van der Waals surface area contributed by atoms with Crippen molar-refractivity contribution < 1.29 is 24.2 Å². The van der Waals surface area contributed by atoms with Crippen LogP contribution in [-0.2, 0) is 19.1 Å². The van der Waals surface area contributed by atoms with E-state index in [0.717, 1.165) is 25.7 Å². The third-order valence-electron chi connectivity index (χ3n) is 5.16. The van der Waals surface area contributed by atoms with Gasteiger partial charge in [-0.3, -0.25) is 14.4 Å². The van der Waals surface area contributed by atoms with Gasteiger partial charge in [-0.1, -0.05) is 25.5 Å². The third kappa shape index (κ3) is 9.32. The van der Waals surface area contributed by atoms with E-state index in [2.05, 4.69) is 6.08 Å². The van der Waals surface area contributed by atoms with Gasteiger partial charge in [0.1, 0.15) is 11.6 Å². The number of rotatable bonds is 13. The van der Waals surface area contributed by atoms with Crippen LogP contribution in [0.3, 0.4) is 0 Å². The molecule has 0 bridgehead atoms. The van der Waals surface area contributed by atoms with Crippen LogP contribution in [0.2, 0.25) is 0 Å². The second-order valence-electron chi connectivity index (χ2n) is 7.78. The molecular formula is C22H36O5. The van der Waals surface area contributed by atoms with Crippen LogP contribution in [0.4, 0.5) is 0 Å². The fourth-order valence-electron chi connectivity index (χ4n) is 3.61. The normalized spacial score (nSPS) is 22.7. The molecule has 0 spiro atoms. The quantitative estimate of drug-likeness (QED) is 0.295. The lowest BCUT2D eigenvalue weighted by Crippen LogP contribution is -2.21. The number of aliphatic hydroxyl groups excluding tert-OH is 1. The predicted molar refractivity (Wildman–Crippen MR) is 105 cm³/mol. The molecule has 0 aromatic carbocycles. The topological polar surface area (TPSA) is 80.7 Å². The van der Waals surface area contributed by atoms with Crippen LogP contribution < -0.4 is 0 Å². The number of allylic oxidation sites excluding steroid dienone is 2. The second-order valence-corrected chi connectivity index (χ2v) is 7.78. The average molecular weight is 381 g/mol. The molecule has 1 saturated carbocycles. The number of carbonyl (C=O) groups is 3. The van der Waals surface area contributed by atoms with Gasteiger partial charge < -0.3 is 9.84 Å². The summed E-state index contributed by atoms with van der Waals surface area (Å²) in [5, 5.41) is 10.1. The van der Waals surface area contributed by atoms with Crippen LogP contribution in [0, 0.1) is 11.8 Å². The summed E-state index contributed by atoms with van der Waals surface area (Å²) < 4.78 is 5.10. The molecule has 1 aliphatic carbocycles. The fourth-order valence-corrected chi connectivity index (χ4v) is 3.61. The standard InChI is InChI=1S/C22H36O5/c1-4-17(23)13-14-19-18(20(24)15-21(19)25)11-9-7-5-6-8-10-12-22(26)27-16(2)3/h7,9,16,18-19,21,25H,4-6,8,10-15H2,1-3H3/b9-7-/t18-,19-,21-/m1/s1. The molecule has 0 aromatic heterocycles. The smallest absolute Gasteiger partial charge is 0.306 e. The highest BCUT2D eigenvalue weighted by Gasteiger charge is 2.40. The minimum atomic E-state index is -0.605. The molecule has 0 radical (unpaired) electrons. The lowest BCUT2D eigenvalue weighted by molar-refractivity contribution is -0.147. The van der Waals surface area contributed by atoms with E-state index in [1.165, 1.54) is 0 Å². The first-order valence-electron chi connectivity index (χ1n) is 10.4. The summed E-state index contributed by atoms with van der Waals surface area (Å²) in [7, 11) is 0. The van der Waals surface area contributed by atoms with Crippen molar-refractivity contribution in [1.82, 2.24) is 0 Å². The molecule has 3 atom stereocenters. The Bertz CT molecular complexity index is 509. The van der Waals surface area contributed by atoms with Crippen LogP contribution in [0.1, 0.15) is 85.0 Å². The van der Waals surface area contributed by atoms with E-state index in [9.17, 15) is 19.5 Å². The molecule has 0 aromatic rings. The molecule has 1 rings (SSSR count). The highest BCUT2D eigenvalue weighted by Crippen LogP contribution is 2.35. The number of hydrogen-bond donors (Lipinski definition) is 1. The molecule has 0 saturated heterocycles. The summed E-state index contributed by atoms with van der Waals surface area (Å²) in [6, 6.07) is 0. The zero-order chi connectivity index (χ0) is 20.2. The Balaban J connectivity index is 2.24. The lowest BCUT2D eigenvalue weighted by atomic mass is 9.86. The summed E-state index contributed by atoms with van der Waals surface area (Å²) >= 11 is 0. The van der Waals surface area contributed by atoms with Gasteiger partial charge in [0, 0.05) is 31.6 Å². The Morgan fingerprint density at radius 3 is 2.59 bits per heavy atom.